The van der Waals surface area contributed by atoms with E-state index in [2.05, 4.69) is 43.0 Å². The van der Waals surface area contributed by atoms with Crippen molar-refractivity contribution in [2.75, 3.05) is 31.1 Å². The molecule has 1 aliphatic heterocycles. The topological polar surface area (TPSA) is 53.5 Å². The molecule has 2 aromatic carbocycles. The Bertz CT molecular complexity index is 1110. The van der Waals surface area contributed by atoms with Crippen molar-refractivity contribution in [3.05, 3.63) is 70.8 Å². The van der Waals surface area contributed by atoms with Gasteiger partial charge in [-0.2, -0.15) is 0 Å². The second kappa shape index (κ2) is 8.88. The van der Waals surface area contributed by atoms with Gasteiger partial charge < -0.3 is 9.80 Å². The molecule has 0 saturated carbocycles. The Balaban J connectivity index is 1.34. The number of aromatic nitrogens is 1. The smallest absolute Gasteiger partial charge is 0.223 e. The van der Waals surface area contributed by atoms with Crippen LogP contribution in [0, 0.1) is 20.8 Å². The number of pyridine rings is 1. The number of nitrogens with zero attached hydrogens (tertiary/aromatic N) is 3. The van der Waals surface area contributed by atoms with Crippen molar-refractivity contribution in [1.29, 1.82) is 0 Å². The molecule has 160 valence electrons. The van der Waals surface area contributed by atoms with Crippen molar-refractivity contribution >= 4 is 28.4 Å². The van der Waals surface area contributed by atoms with E-state index in [0.29, 0.717) is 18.7 Å². The number of ketones is 1. The number of piperazine rings is 1. The molecule has 0 aliphatic carbocycles. The molecular weight excluding hydrogens is 386 g/mol. The Labute approximate surface area is 183 Å². The quantitative estimate of drug-likeness (QED) is 0.577. The van der Waals surface area contributed by atoms with Crippen LogP contribution in [0.4, 0.5) is 5.82 Å². The summed E-state index contributed by atoms with van der Waals surface area (Å²) in [7, 11) is 0. The van der Waals surface area contributed by atoms with Crippen molar-refractivity contribution in [3.63, 3.8) is 0 Å². The molecule has 1 amide bonds. The highest BCUT2D eigenvalue weighted by Gasteiger charge is 2.23. The molecule has 1 aliphatic rings. The Morgan fingerprint density at radius 2 is 1.58 bits per heavy atom. The number of para-hydroxylation sites is 1. The molecule has 0 spiro atoms. The van der Waals surface area contributed by atoms with Crippen LogP contribution in [0.5, 0.6) is 0 Å². The predicted octanol–water partition coefficient (Wildman–Crippen LogP) is 4.47. The van der Waals surface area contributed by atoms with Gasteiger partial charge in [-0.25, -0.2) is 4.98 Å². The summed E-state index contributed by atoms with van der Waals surface area (Å²) in [6, 6.07) is 15.9. The lowest BCUT2D eigenvalue weighted by Crippen LogP contribution is -2.49. The summed E-state index contributed by atoms with van der Waals surface area (Å²) >= 11 is 0. The lowest BCUT2D eigenvalue weighted by atomic mass is 10.0. The minimum atomic E-state index is 0.0261. The molecule has 4 rings (SSSR count). The highest BCUT2D eigenvalue weighted by Crippen LogP contribution is 2.25. The van der Waals surface area contributed by atoms with Crippen LogP contribution in [-0.2, 0) is 4.79 Å². The maximum absolute atomic E-state index is 12.6. The molecule has 5 heteroatoms. The molecule has 0 N–H and O–H groups in total. The highest BCUT2D eigenvalue weighted by molar-refractivity contribution is 5.98. The fraction of sp³-hybridized carbons (Fsp3) is 0.346. The molecular formula is C26H29N3O2. The van der Waals surface area contributed by atoms with E-state index < -0.39 is 0 Å². The van der Waals surface area contributed by atoms with Gasteiger partial charge in [-0.1, -0.05) is 48.0 Å². The molecule has 3 aromatic rings. The van der Waals surface area contributed by atoms with Gasteiger partial charge in [-0.15, -0.1) is 0 Å². The molecule has 31 heavy (non-hydrogen) atoms. The number of amides is 1. The maximum atomic E-state index is 12.6. The van der Waals surface area contributed by atoms with Crippen LogP contribution in [0.2, 0.25) is 0 Å². The average Bonchev–Trinajstić information content (AvgIpc) is 2.78. The van der Waals surface area contributed by atoms with Gasteiger partial charge in [0.25, 0.3) is 0 Å². The second-order valence-corrected chi connectivity index (χ2v) is 8.43. The number of anilines is 1. The van der Waals surface area contributed by atoms with Gasteiger partial charge in [0.1, 0.15) is 5.82 Å². The summed E-state index contributed by atoms with van der Waals surface area (Å²) in [5, 5.41) is 1.19. The van der Waals surface area contributed by atoms with Gasteiger partial charge in [-0.05, 0) is 38.0 Å². The van der Waals surface area contributed by atoms with Crippen LogP contribution >= 0.6 is 0 Å². The van der Waals surface area contributed by atoms with E-state index >= 15 is 0 Å². The lowest BCUT2D eigenvalue weighted by molar-refractivity contribution is -0.131. The van der Waals surface area contributed by atoms with Crippen molar-refractivity contribution in [2.24, 2.45) is 0 Å². The summed E-state index contributed by atoms with van der Waals surface area (Å²) in [5.74, 6) is 1.05. The highest BCUT2D eigenvalue weighted by atomic mass is 16.2. The zero-order chi connectivity index (χ0) is 22.0. The lowest BCUT2D eigenvalue weighted by Gasteiger charge is -2.35. The van der Waals surface area contributed by atoms with Gasteiger partial charge >= 0.3 is 0 Å². The van der Waals surface area contributed by atoms with E-state index in [1.807, 2.05) is 36.1 Å². The Hall–Kier alpha value is -3.21. The van der Waals surface area contributed by atoms with Crippen molar-refractivity contribution in [2.45, 2.75) is 33.6 Å². The van der Waals surface area contributed by atoms with Gasteiger partial charge in [0, 0.05) is 50.0 Å². The number of carbonyl (C=O) groups excluding carboxylic acids is 2. The first-order chi connectivity index (χ1) is 14.9. The molecule has 5 nitrogen and oxygen atoms in total. The molecule has 1 aromatic heterocycles. The zero-order valence-electron chi connectivity index (χ0n) is 18.5. The fourth-order valence-corrected chi connectivity index (χ4v) is 4.15. The first-order valence-electron chi connectivity index (χ1n) is 10.9. The average molecular weight is 416 g/mol. The Morgan fingerprint density at radius 1 is 0.871 bits per heavy atom. The minimum Gasteiger partial charge on any atom is -0.353 e. The summed E-state index contributed by atoms with van der Waals surface area (Å²) in [5.41, 5.74) is 5.24. The monoisotopic (exact) mass is 415 g/mol. The number of carbonyl (C=O) groups is 2. The van der Waals surface area contributed by atoms with Crippen LogP contribution in [-0.4, -0.2) is 47.8 Å². The second-order valence-electron chi connectivity index (χ2n) is 8.43. The third-order valence-corrected chi connectivity index (χ3v) is 6.13. The molecule has 0 radical (unpaired) electrons. The first kappa shape index (κ1) is 21.0. The van der Waals surface area contributed by atoms with Crippen molar-refractivity contribution in [3.8, 4) is 0 Å². The summed E-state index contributed by atoms with van der Waals surface area (Å²) < 4.78 is 0. The van der Waals surface area contributed by atoms with Crippen LogP contribution in [0.15, 0.2) is 48.5 Å². The molecule has 2 heterocycles. The first-order valence-corrected chi connectivity index (χ1v) is 10.9. The molecule has 0 atom stereocenters. The fourth-order valence-electron chi connectivity index (χ4n) is 4.15. The van der Waals surface area contributed by atoms with Gasteiger partial charge in [-0.3, -0.25) is 9.59 Å². The van der Waals surface area contributed by atoms with E-state index in [9.17, 15) is 9.59 Å². The maximum Gasteiger partial charge on any atom is 0.223 e. The van der Waals surface area contributed by atoms with E-state index in [1.165, 1.54) is 16.5 Å². The number of aryl methyl sites for hydroxylation is 3. The van der Waals surface area contributed by atoms with Crippen molar-refractivity contribution < 1.29 is 9.59 Å². The molecule has 1 fully saturated rings. The van der Waals surface area contributed by atoms with E-state index in [-0.39, 0.29) is 24.5 Å². The van der Waals surface area contributed by atoms with E-state index in [1.54, 1.807) is 0 Å². The van der Waals surface area contributed by atoms with E-state index in [0.717, 1.165) is 30.0 Å². The van der Waals surface area contributed by atoms with Crippen LogP contribution in [0.3, 0.4) is 0 Å². The third-order valence-electron chi connectivity index (χ3n) is 6.13. The summed E-state index contributed by atoms with van der Waals surface area (Å²) in [6.45, 7) is 9.02. The number of benzene rings is 2. The van der Waals surface area contributed by atoms with Gasteiger partial charge in [0.15, 0.2) is 5.78 Å². The normalized spacial score (nSPS) is 14.2. The Morgan fingerprint density at radius 3 is 2.29 bits per heavy atom. The number of Topliss-reactive ketones (excluding diaryl/α,β-unsaturated/α-hetero) is 1. The standard InChI is InChI=1S/C26H29N3O2/c1-18-7-9-21(10-8-18)23(30)11-12-25(31)29-15-13-28(14-16-29)24-17-20(3)22-6-4-5-19(2)26(22)27-24/h4-10,17H,11-16H2,1-3H3. The zero-order valence-corrected chi connectivity index (χ0v) is 18.5. The van der Waals surface area contributed by atoms with Gasteiger partial charge in [0.2, 0.25) is 5.91 Å². The van der Waals surface area contributed by atoms with Crippen LogP contribution < -0.4 is 4.90 Å². The summed E-state index contributed by atoms with van der Waals surface area (Å²) in [4.78, 5) is 34.0. The largest absolute Gasteiger partial charge is 0.353 e. The molecule has 0 bridgehead atoms. The minimum absolute atomic E-state index is 0.0261. The predicted molar refractivity (Wildman–Crippen MR) is 125 cm³/mol. The number of fused-ring (bicyclic) bond motifs is 1. The number of hydrogen-bond donors (Lipinski definition) is 0. The summed E-state index contributed by atoms with van der Waals surface area (Å²) in [6.07, 6.45) is 0.520. The van der Waals surface area contributed by atoms with Gasteiger partial charge in [0.05, 0.1) is 5.52 Å². The molecule has 1 saturated heterocycles. The third kappa shape index (κ3) is 4.61. The number of hydrogen-bond acceptors (Lipinski definition) is 4. The Kier molecular flexibility index (Phi) is 6.03. The van der Waals surface area contributed by atoms with Crippen LogP contribution in [0.25, 0.3) is 10.9 Å². The van der Waals surface area contributed by atoms with Crippen LogP contribution in [0.1, 0.15) is 39.9 Å². The SMILES string of the molecule is Cc1ccc(C(=O)CCC(=O)N2CCN(c3cc(C)c4cccc(C)c4n3)CC2)cc1. The molecule has 0 unspecified atom stereocenters. The van der Waals surface area contributed by atoms with E-state index in [4.69, 9.17) is 4.98 Å². The number of rotatable bonds is 5. The van der Waals surface area contributed by atoms with Crippen molar-refractivity contribution in [1.82, 2.24) is 9.88 Å².